The van der Waals surface area contributed by atoms with Crippen LogP contribution in [0.15, 0.2) is 42.7 Å². The first-order valence-corrected chi connectivity index (χ1v) is 8.58. The molecule has 1 aromatic heterocycles. The highest BCUT2D eigenvalue weighted by Crippen LogP contribution is 2.44. The zero-order valence-corrected chi connectivity index (χ0v) is 13.8. The van der Waals surface area contributed by atoms with Crippen LogP contribution in [-0.2, 0) is 17.4 Å². The summed E-state index contributed by atoms with van der Waals surface area (Å²) in [7, 11) is 0. The predicted octanol–water partition coefficient (Wildman–Crippen LogP) is 4.06. The molecular weight excluding hydrogens is 356 g/mol. The van der Waals surface area contributed by atoms with Crippen molar-refractivity contribution in [3.05, 3.63) is 65.2 Å². The second-order valence-electron chi connectivity index (χ2n) is 5.59. The van der Waals surface area contributed by atoms with Gasteiger partial charge in [-0.05, 0) is 47.9 Å². The van der Waals surface area contributed by atoms with Crippen molar-refractivity contribution < 1.29 is 22.4 Å². The van der Waals surface area contributed by atoms with Gasteiger partial charge in [0, 0.05) is 18.9 Å². The van der Waals surface area contributed by atoms with Crippen molar-refractivity contribution in [1.82, 2.24) is 9.88 Å². The van der Waals surface area contributed by atoms with Crippen molar-refractivity contribution in [3.63, 3.8) is 0 Å². The Labute approximate surface area is 146 Å². The Morgan fingerprint density at radius 1 is 1.20 bits per heavy atom. The minimum absolute atomic E-state index is 0.0782. The molecule has 2 aromatic rings. The Hall–Kier alpha value is -2.09. The fourth-order valence-electron chi connectivity index (χ4n) is 2.75. The predicted molar refractivity (Wildman–Crippen MR) is 86.3 cm³/mol. The monoisotopic (exact) mass is 370 g/mol. The van der Waals surface area contributed by atoms with E-state index < -0.39 is 22.9 Å². The molecule has 25 heavy (non-hydrogen) atoms. The number of halogens is 4. The number of hydrogen-bond acceptors (Lipinski definition) is 3. The van der Waals surface area contributed by atoms with Gasteiger partial charge in [0.25, 0.3) is 0 Å². The standard InChI is InChI=1S/C17H14F4N2OS/c18-12-1-2-14(17(19,20)21)13(9-12)16-23(15(24)10-25-16)8-5-11-3-6-22-7-4-11/h1-4,6-7,9,16H,5,8,10H2. The van der Waals surface area contributed by atoms with E-state index in [1.807, 2.05) is 0 Å². The lowest BCUT2D eigenvalue weighted by molar-refractivity contribution is -0.139. The van der Waals surface area contributed by atoms with Crippen LogP contribution in [0.3, 0.4) is 0 Å². The van der Waals surface area contributed by atoms with Gasteiger partial charge in [-0.1, -0.05) is 0 Å². The Kier molecular flexibility index (Phi) is 4.99. The van der Waals surface area contributed by atoms with E-state index in [4.69, 9.17) is 0 Å². The lowest BCUT2D eigenvalue weighted by atomic mass is 10.1. The number of thioether (sulfide) groups is 1. The molecule has 132 valence electrons. The van der Waals surface area contributed by atoms with E-state index in [1.54, 1.807) is 24.5 Å². The summed E-state index contributed by atoms with van der Waals surface area (Å²) in [6.07, 6.45) is -0.891. The number of aromatic nitrogens is 1. The first kappa shape index (κ1) is 17.7. The molecule has 1 atom stereocenters. The zero-order chi connectivity index (χ0) is 18.0. The van der Waals surface area contributed by atoms with Gasteiger partial charge in [-0.25, -0.2) is 4.39 Å². The Morgan fingerprint density at radius 2 is 1.92 bits per heavy atom. The SMILES string of the molecule is O=C1CSC(c2cc(F)ccc2C(F)(F)F)N1CCc1ccncc1. The van der Waals surface area contributed by atoms with E-state index in [1.165, 1.54) is 4.90 Å². The molecule has 0 N–H and O–H groups in total. The summed E-state index contributed by atoms with van der Waals surface area (Å²) in [6, 6.07) is 5.96. The molecular formula is C17H14F4N2OS. The summed E-state index contributed by atoms with van der Waals surface area (Å²) < 4.78 is 53.4. The third-order valence-electron chi connectivity index (χ3n) is 3.94. The maximum absolute atomic E-state index is 13.6. The summed E-state index contributed by atoms with van der Waals surface area (Å²) in [5.74, 6) is -0.923. The van der Waals surface area contributed by atoms with Crippen molar-refractivity contribution >= 4 is 17.7 Å². The van der Waals surface area contributed by atoms with Gasteiger partial charge in [-0.3, -0.25) is 9.78 Å². The molecule has 1 fully saturated rings. The van der Waals surface area contributed by atoms with E-state index in [9.17, 15) is 22.4 Å². The second kappa shape index (κ2) is 7.03. The van der Waals surface area contributed by atoms with Crippen LogP contribution in [0.5, 0.6) is 0 Å². The van der Waals surface area contributed by atoms with E-state index in [-0.39, 0.29) is 23.8 Å². The number of amides is 1. The second-order valence-corrected chi connectivity index (χ2v) is 6.65. The smallest absolute Gasteiger partial charge is 0.325 e. The van der Waals surface area contributed by atoms with Crippen LogP contribution < -0.4 is 0 Å². The van der Waals surface area contributed by atoms with Gasteiger partial charge in [0.1, 0.15) is 11.2 Å². The average Bonchev–Trinajstić information content (AvgIpc) is 2.93. The zero-order valence-electron chi connectivity index (χ0n) is 13.0. The average molecular weight is 370 g/mol. The lowest BCUT2D eigenvalue weighted by Gasteiger charge is -2.26. The Balaban J connectivity index is 1.88. The molecule has 0 radical (unpaired) electrons. The molecule has 8 heteroatoms. The van der Waals surface area contributed by atoms with Gasteiger partial charge >= 0.3 is 6.18 Å². The van der Waals surface area contributed by atoms with Crippen molar-refractivity contribution in [3.8, 4) is 0 Å². The van der Waals surface area contributed by atoms with Crippen LogP contribution in [-0.4, -0.2) is 28.1 Å². The molecule has 1 aliphatic heterocycles. The molecule has 1 saturated heterocycles. The van der Waals surface area contributed by atoms with Crippen molar-refractivity contribution in [2.45, 2.75) is 18.0 Å². The maximum Gasteiger partial charge on any atom is 0.416 e. The molecule has 0 spiro atoms. The summed E-state index contributed by atoms with van der Waals surface area (Å²) in [6.45, 7) is 0.258. The van der Waals surface area contributed by atoms with Crippen LogP contribution in [0.4, 0.5) is 17.6 Å². The van der Waals surface area contributed by atoms with Gasteiger partial charge in [-0.2, -0.15) is 13.2 Å². The number of rotatable bonds is 4. The normalized spacial score (nSPS) is 18.0. The quantitative estimate of drug-likeness (QED) is 0.761. The number of alkyl halides is 3. The first-order chi connectivity index (χ1) is 11.9. The van der Waals surface area contributed by atoms with Gasteiger partial charge in [0.05, 0.1) is 11.3 Å². The van der Waals surface area contributed by atoms with E-state index in [0.29, 0.717) is 6.42 Å². The van der Waals surface area contributed by atoms with Gasteiger partial charge < -0.3 is 4.90 Å². The highest BCUT2D eigenvalue weighted by atomic mass is 32.2. The molecule has 0 saturated carbocycles. The molecule has 2 heterocycles. The Morgan fingerprint density at radius 3 is 2.60 bits per heavy atom. The van der Waals surface area contributed by atoms with Crippen LogP contribution in [0.1, 0.15) is 22.1 Å². The summed E-state index contributed by atoms with van der Waals surface area (Å²) in [4.78, 5) is 17.4. The van der Waals surface area contributed by atoms with Crippen molar-refractivity contribution in [1.29, 1.82) is 0 Å². The maximum atomic E-state index is 13.6. The topological polar surface area (TPSA) is 33.2 Å². The molecule has 0 bridgehead atoms. The minimum atomic E-state index is -4.61. The molecule has 1 amide bonds. The van der Waals surface area contributed by atoms with Gasteiger partial charge in [-0.15, -0.1) is 11.8 Å². The third-order valence-corrected chi connectivity index (χ3v) is 5.18. The molecule has 1 unspecified atom stereocenters. The van der Waals surface area contributed by atoms with E-state index in [2.05, 4.69) is 4.98 Å². The highest BCUT2D eigenvalue weighted by Gasteiger charge is 2.40. The third kappa shape index (κ3) is 3.95. The largest absolute Gasteiger partial charge is 0.416 e. The van der Waals surface area contributed by atoms with Crippen LogP contribution in [0.2, 0.25) is 0 Å². The fourth-order valence-corrected chi connectivity index (χ4v) is 3.99. The molecule has 3 rings (SSSR count). The van der Waals surface area contributed by atoms with Crippen LogP contribution in [0.25, 0.3) is 0 Å². The number of carbonyl (C=O) groups excluding carboxylic acids is 1. The lowest BCUT2D eigenvalue weighted by Crippen LogP contribution is -2.31. The first-order valence-electron chi connectivity index (χ1n) is 7.53. The number of hydrogen-bond donors (Lipinski definition) is 0. The van der Waals surface area contributed by atoms with Gasteiger partial charge in [0.2, 0.25) is 5.91 Å². The fraction of sp³-hybridized carbons (Fsp3) is 0.294. The summed E-state index contributed by atoms with van der Waals surface area (Å²) in [5, 5.41) is -0.846. The van der Waals surface area contributed by atoms with Gasteiger partial charge in [0.15, 0.2) is 0 Å². The van der Waals surface area contributed by atoms with Crippen molar-refractivity contribution in [2.24, 2.45) is 0 Å². The number of benzene rings is 1. The van der Waals surface area contributed by atoms with E-state index >= 15 is 0 Å². The molecule has 3 nitrogen and oxygen atoms in total. The highest BCUT2D eigenvalue weighted by molar-refractivity contribution is 8.00. The number of pyridine rings is 1. The molecule has 1 aliphatic rings. The van der Waals surface area contributed by atoms with Crippen LogP contribution >= 0.6 is 11.8 Å². The van der Waals surface area contributed by atoms with Crippen molar-refractivity contribution in [2.75, 3.05) is 12.3 Å². The Bertz CT molecular complexity index is 767. The minimum Gasteiger partial charge on any atom is -0.325 e. The van der Waals surface area contributed by atoms with E-state index in [0.717, 1.165) is 35.5 Å². The van der Waals surface area contributed by atoms with Crippen LogP contribution in [0, 0.1) is 5.82 Å². The molecule has 0 aliphatic carbocycles. The summed E-state index contributed by atoms with van der Waals surface area (Å²) >= 11 is 1.08. The molecule has 1 aromatic carbocycles. The summed E-state index contributed by atoms with van der Waals surface area (Å²) in [5.41, 5.74) is -0.193. The number of nitrogens with zero attached hydrogens (tertiary/aromatic N) is 2. The number of carbonyl (C=O) groups is 1.